The zero-order valence-corrected chi connectivity index (χ0v) is 90.1. The summed E-state index contributed by atoms with van der Waals surface area (Å²) in [4.78, 5) is 0. The van der Waals surface area contributed by atoms with Crippen molar-refractivity contribution in [1.29, 1.82) is 0 Å². The van der Waals surface area contributed by atoms with Gasteiger partial charge in [-0.15, -0.1) is 13.2 Å². The molecule has 0 radical (unpaired) electrons. The van der Waals surface area contributed by atoms with E-state index in [1.807, 2.05) is 58.5 Å². The van der Waals surface area contributed by atoms with Crippen molar-refractivity contribution >= 4 is 148 Å². The van der Waals surface area contributed by atoms with Crippen LogP contribution in [0.1, 0.15) is 26.2 Å². The Morgan fingerprint density at radius 1 is 0.383 bits per heavy atom. The first-order chi connectivity index (χ1) is 49.2. The van der Waals surface area contributed by atoms with Crippen LogP contribution in [0.25, 0.3) is 0 Å². The van der Waals surface area contributed by atoms with Crippen LogP contribution in [-0.4, -0.2) is 317 Å². The van der Waals surface area contributed by atoms with Crippen molar-refractivity contribution in [3.63, 3.8) is 0 Å². The third kappa shape index (κ3) is 45.6. The molecule has 0 saturated carbocycles. The molecule has 0 aromatic heterocycles. The van der Waals surface area contributed by atoms with Crippen LogP contribution in [0.5, 0.6) is 0 Å². The van der Waals surface area contributed by atoms with Crippen molar-refractivity contribution in [1.82, 2.24) is 0 Å². The van der Waals surface area contributed by atoms with Gasteiger partial charge in [0.1, 0.15) is 24.0 Å². The van der Waals surface area contributed by atoms with Gasteiger partial charge in [-0.25, -0.2) is 0 Å². The van der Waals surface area contributed by atoms with E-state index in [9.17, 15) is 0 Å². The minimum Gasteiger partial charge on any atom is -0.439 e. The van der Waals surface area contributed by atoms with Crippen LogP contribution < -0.4 is 0 Å². The quantitative estimate of drug-likeness (QED) is 0.0310. The standard InChI is InChI=1S/C22H58O10Si7.C21H46O11Si4.C9H24O5Si3.C7H22O5Si3/c1-23-39(24-2,25-3)19-18-38(14,30-35(8,9)10)32-36(11,12)31-37(13,29-33(4)28-34(5,6)7)17-15-16-26-20-22-21-27-22;1-10-21(29-18-20-17-28-20)36(24-5,25-6)32-34(9,11-2)30-33(7,8)31-35(22-3,23-4)14-12-13-26-15-19-16-27-19;1-9-15(5,6)13-16(7,8)14-17(10-2,11-3)12-4;1-8-15(9-2,10-3)12-14(6,7)11-13(4)5/h22,33H,15-21H2,1-14H3;11,19-21H,2,10,12-18H2,1,3-9H3;9H,1H2,2-8H3;13H,1-7H3. The number of ether oxygens (including phenoxy) is 6. The summed E-state index contributed by atoms with van der Waals surface area (Å²) in [5, 5.41) is 0. The third-order valence-corrected chi connectivity index (χ3v) is 73.3. The van der Waals surface area contributed by atoms with Crippen LogP contribution >= 0.6 is 0 Å². The molecule has 0 bridgehead atoms. The maximum Gasteiger partial charge on any atom is 0.669 e. The molecule has 0 aliphatic carbocycles. The first kappa shape index (κ1) is 109. The maximum absolute atomic E-state index is 6.99. The van der Waals surface area contributed by atoms with Crippen molar-refractivity contribution < 1.29 is 135 Å². The van der Waals surface area contributed by atoms with Crippen LogP contribution in [-0.2, 0) is 135 Å². The molecule has 0 spiro atoms. The molecule has 0 aromatic carbocycles. The Morgan fingerprint density at radius 3 is 1.15 bits per heavy atom. The van der Waals surface area contributed by atoms with Crippen molar-refractivity contribution in [2.24, 2.45) is 0 Å². The molecule has 3 aliphatic rings. The first-order valence-electron chi connectivity index (χ1n) is 36.6. The van der Waals surface area contributed by atoms with E-state index in [2.05, 4.69) is 111 Å². The zero-order valence-electron chi connectivity index (χ0n) is 72.8. The fourth-order valence-corrected chi connectivity index (χ4v) is 75.1. The lowest BCUT2D eigenvalue weighted by Crippen LogP contribution is -2.65. The predicted molar refractivity (Wildman–Crippen MR) is 453 cm³/mol. The van der Waals surface area contributed by atoms with Gasteiger partial charge in [-0.2, -0.15) is 0 Å². The van der Waals surface area contributed by atoms with Gasteiger partial charge in [-0.05, 0) is 175 Å². The molecule has 640 valence electrons. The van der Waals surface area contributed by atoms with Gasteiger partial charge in [-0.1, -0.05) is 18.3 Å². The predicted octanol–water partition coefficient (Wildman–Crippen LogP) is 10.8. The van der Waals surface area contributed by atoms with Crippen LogP contribution in [0, 0.1) is 0 Å². The fourth-order valence-electron chi connectivity index (χ4n) is 11.1. The molecule has 3 rings (SSSR count). The molecule has 8 atom stereocenters. The van der Waals surface area contributed by atoms with E-state index in [0.29, 0.717) is 64.2 Å². The van der Waals surface area contributed by atoms with Crippen LogP contribution in [0.4, 0.5) is 0 Å². The molecule has 107 heavy (non-hydrogen) atoms. The molecular weight excluding hydrogens is 1680 g/mol. The van der Waals surface area contributed by atoms with Gasteiger partial charge in [0.05, 0.1) is 39.6 Å². The smallest absolute Gasteiger partial charge is 0.439 e. The second-order valence-electron chi connectivity index (χ2n) is 30.6. The number of hydrogen-bond acceptors (Lipinski definition) is 31. The van der Waals surface area contributed by atoms with E-state index in [4.69, 9.17) is 135 Å². The summed E-state index contributed by atoms with van der Waals surface area (Å²) in [6.07, 6.45) is 2.87. The minimum atomic E-state index is -3.30. The molecule has 3 fully saturated rings. The van der Waals surface area contributed by atoms with Crippen molar-refractivity contribution in [3.8, 4) is 0 Å². The van der Waals surface area contributed by atoms with Crippen LogP contribution in [0.3, 0.4) is 0 Å². The average Bonchev–Trinajstić information content (AvgIpc) is 1.30. The van der Waals surface area contributed by atoms with Gasteiger partial charge < -0.3 is 135 Å². The minimum absolute atomic E-state index is 0.118. The lowest BCUT2D eigenvalue weighted by Gasteiger charge is -2.43. The Balaban J connectivity index is 0.00000151. The fraction of sp³-hybridized carbons (Fsp3) is 0.932. The van der Waals surface area contributed by atoms with Crippen LogP contribution in [0.15, 0.2) is 24.6 Å². The molecule has 3 aliphatic heterocycles. The Labute approximate surface area is 666 Å². The molecule has 3 saturated heterocycles. The summed E-state index contributed by atoms with van der Waals surface area (Å²) in [6.45, 7) is 60.9. The number of epoxide rings is 3. The van der Waals surface area contributed by atoms with Gasteiger partial charge in [0.15, 0.2) is 34.0 Å². The molecule has 31 nitrogen and oxygen atoms in total. The SMILES string of the molecule is C=C[Si](C)(C)O[Si](C)(C)O[Si](OC)(OC)OC.C=C[Si](C)(O[Si](C)(C)O[Si](CCCOCC1CO1)(OC)OC)O[Si](OC)(OC)C(CC)OCC1CO1.CO[Si](CC[Si](C)(O[Si](C)(C)C)O[Si](C)(C)O[Si](C)(CCCOCC1CO1)O[SiH](C)O[Si](C)(C)C)(OC)OC.CO[Si](OC)(OC)O[Si](C)(C)O[SiH](C)C. The molecule has 8 unspecified atom stereocenters. The monoisotopic (exact) mass is 1830 g/mol. The van der Waals surface area contributed by atoms with Gasteiger partial charge in [-0.3, -0.25) is 0 Å². The highest BCUT2D eigenvalue weighted by Crippen LogP contribution is 2.35. The van der Waals surface area contributed by atoms with Crippen molar-refractivity contribution in [2.45, 2.75) is 218 Å². The topological polar surface area (TPSA) is 296 Å². The Kier molecular flexibility index (Phi) is 50.4. The molecule has 0 aromatic rings. The van der Waals surface area contributed by atoms with E-state index in [0.717, 1.165) is 32.1 Å². The summed E-state index contributed by atoms with van der Waals surface area (Å²) >= 11 is 0. The average molecular weight is 1830 g/mol. The summed E-state index contributed by atoms with van der Waals surface area (Å²) in [7, 11) is -21.8. The van der Waals surface area contributed by atoms with E-state index in [-0.39, 0.29) is 24.0 Å². The molecule has 48 heteroatoms. The third-order valence-electron chi connectivity index (χ3n) is 15.5. The highest BCUT2D eigenvalue weighted by Gasteiger charge is 2.58. The summed E-state index contributed by atoms with van der Waals surface area (Å²) < 4.78 is 182. The Morgan fingerprint density at radius 2 is 0.785 bits per heavy atom. The zero-order chi connectivity index (χ0) is 82.9. The maximum atomic E-state index is 6.99. The van der Waals surface area contributed by atoms with E-state index >= 15 is 0 Å². The normalized spacial score (nSPS) is 19.4. The van der Waals surface area contributed by atoms with Gasteiger partial charge in [0, 0.05) is 118 Å². The largest absolute Gasteiger partial charge is 0.669 e. The summed E-state index contributed by atoms with van der Waals surface area (Å²) in [5.41, 5.74) is 3.23. The molecular formula is C59H150O31Si17. The van der Waals surface area contributed by atoms with E-state index in [1.54, 1.807) is 55.5 Å². The highest BCUT2D eigenvalue weighted by molar-refractivity contribution is 6.92. The number of rotatable bonds is 59. The molecule has 3 heterocycles. The lowest BCUT2D eigenvalue weighted by atomic mass is 10.5. The van der Waals surface area contributed by atoms with Gasteiger partial charge in [0.25, 0.3) is 9.28 Å². The second-order valence-corrected chi connectivity index (χ2v) is 88.1. The second kappa shape index (κ2) is 49.5. The van der Waals surface area contributed by atoms with E-state index < -0.39 is 148 Å². The highest BCUT2D eigenvalue weighted by atomic mass is 28.5. The lowest BCUT2D eigenvalue weighted by molar-refractivity contribution is 0.0155. The van der Waals surface area contributed by atoms with Gasteiger partial charge in [0.2, 0.25) is 0 Å². The Bertz CT molecular complexity index is 2380. The summed E-state index contributed by atoms with van der Waals surface area (Å²) in [5.74, 6) is 0. The van der Waals surface area contributed by atoms with Crippen molar-refractivity contribution in [2.75, 3.05) is 145 Å². The first-order valence-corrected chi connectivity index (χ1v) is 78.9. The van der Waals surface area contributed by atoms with Crippen molar-refractivity contribution in [3.05, 3.63) is 24.6 Å². The number of hydrogen-bond donors (Lipinski definition) is 0. The molecule has 0 N–H and O–H groups in total. The molecule has 0 amide bonds. The Hall–Kier alpha value is 1.93. The summed E-state index contributed by atoms with van der Waals surface area (Å²) in [6, 6.07) is 2.72. The van der Waals surface area contributed by atoms with Crippen LogP contribution in [0.2, 0.25) is 168 Å². The van der Waals surface area contributed by atoms with Gasteiger partial charge >= 0.3 is 104 Å². The van der Waals surface area contributed by atoms with E-state index in [1.165, 1.54) is 42.7 Å².